The average Bonchev–Trinajstić information content (AvgIpc) is 3.08. The minimum absolute atomic E-state index is 0.0389. The summed E-state index contributed by atoms with van der Waals surface area (Å²) in [4.78, 5) is 23.4. The van der Waals surface area contributed by atoms with Gasteiger partial charge in [-0.2, -0.15) is 0 Å². The summed E-state index contributed by atoms with van der Waals surface area (Å²) in [5, 5.41) is 6.91. The Morgan fingerprint density at radius 1 is 1.39 bits per heavy atom. The van der Waals surface area contributed by atoms with Crippen LogP contribution >= 0.6 is 0 Å². The number of hydrogen-bond donors (Lipinski definition) is 3. The van der Waals surface area contributed by atoms with E-state index in [0.717, 1.165) is 25.0 Å². The molecule has 1 aromatic rings. The van der Waals surface area contributed by atoms with Crippen molar-refractivity contribution in [3.8, 4) is 0 Å². The van der Waals surface area contributed by atoms with E-state index in [1.54, 1.807) is 6.26 Å². The van der Waals surface area contributed by atoms with Crippen molar-refractivity contribution in [1.29, 1.82) is 0 Å². The maximum absolute atomic E-state index is 11.7. The number of allylic oxidation sites excluding steroid dienone is 1. The van der Waals surface area contributed by atoms with Crippen molar-refractivity contribution in [2.45, 2.75) is 45.1 Å². The molecule has 1 heterocycles. The normalized spacial score (nSPS) is 15.6. The third kappa shape index (κ3) is 6.28. The lowest BCUT2D eigenvalue weighted by Crippen LogP contribution is -2.87. The monoisotopic (exact) mass is 320 g/mol. The third-order valence-electron chi connectivity index (χ3n) is 4.02. The SMILES string of the molecule is C[C@H]([NH2+]CC(=O)NC(=O)NCCC1=CCCCC1)c1ccco1. The van der Waals surface area contributed by atoms with Crippen molar-refractivity contribution in [3.05, 3.63) is 35.8 Å². The molecule has 23 heavy (non-hydrogen) atoms. The lowest BCUT2D eigenvalue weighted by atomic mass is 9.97. The predicted molar refractivity (Wildman–Crippen MR) is 86.6 cm³/mol. The average molecular weight is 320 g/mol. The molecule has 126 valence electrons. The number of hydrogen-bond acceptors (Lipinski definition) is 3. The Bertz CT molecular complexity index is 537. The van der Waals surface area contributed by atoms with Crippen LogP contribution in [0.1, 0.15) is 50.8 Å². The van der Waals surface area contributed by atoms with Crippen LogP contribution in [0.15, 0.2) is 34.5 Å². The fraction of sp³-hybridized carbons (Fsp3) is 0.529. The number of carbonyl (C=O) groups is 2. The first-order chi connectivity index (χ1) is 11.1. The lowest BCUT2D eigenvalue weighted by Gasteiger charge is -2.13. The van der Waals surface area contributed by atoms with Crippen LogP contribution in [0.3, 0.4) is 0 Å². The number of furan rings is 1. The van der Waals surface area contributed by atoms with E-state index in [-0.39, 0.29) is 18.5 Å². The van der Waals surface area contributed by atoms with Crippen molar-refractivity contribution in [3.63, 3.8) is 0 Å². The largest absolute Gasteiger partial charge is 0.463 e. The van der Waals surface area contributed by atoms with Gasteiger partial charge >= 0.3 is 6.03 Å². The van der Waals surface area contributed by atoms with Gasteiger partial charge < -0.3 is 15.1 Å². The minimum Gasteiger partial charge on any atom is -0.463 e. The number of carbonyl (C=O) groups excluding carboxylic acids is 2. The van der Waals surface area contributed by atoms with Crippen LogP contribution in [0.4, 0.5) is 4.79 Å². The molecule has 6 nitrogen and oxygen atoms in total. The second kappa shape index (κ2) is 9.15. The molecule has 1 aromatic heterocycles. The van der Waals surface area contributed by atoms with Gasteiger partial charge in [0.25, 0.3) is 5.91 Å². The Kier molecular flexibility index (Phi) is 6.87. The van der Waals surface area contributed by atoms with E-state index in [1.807, 2.05) is 24.4 Å². The maximum Gasteiger partial charge on any atom is 0.321 e. The summed E-state index contributed by atoms with van der Waals surface area (Å²) < 4.78 is 5.27. The first kappa shape index (κ1) is 17.3. The third-order valence-corrected chi connectivity index (χ3v) is 4.02. The quantitative estimate of drug-likeness (QED) is 0.667. The van der Waals surface area contributed by atoms with Gasteiger partial charge in [-0.1, -0.05) is 11.6 Å². The highest BCUT2D eigenvalue weighted by atomic mass is 16.3. The molecule has 3 amide bonds. The molecule has 2 rings (SSSR count). The predicted octanol–water partition coefficient (Wildman–Crippen LogP) is 1.62. The second-order valence-corrected chi connectivity index (χ2v) is 5.91. The van der Waals surface area contributed by atoms with Crippen LogP contribution in [-0.2, 0) is 4.79 Å². The first-order valence-corrected chi connectivity index (χ1v) is 8.27. The smallest absolute Gasteiger partial charge is 0.321 e. The molecule has 0 aromatic carbocycles. The summed E-state index contributed by atoms with van der Waals surface area (Å²) in [7, 11) is 0. The summed E-state index contributed by atoms with van der Waals surface area (Å²) in [6, 6.07) is 3.29. The number of nitrogens with two attached hydrogens (primary N) is 1. The molecule has 0 fully saturated rings. The maximum atomic E-state index is 11.7. The number of imide groups is 1. The standard InChI is InChI=1S/C17H25N3O3/c1-13(15-8-5-11-23-15)19-12-16(21)20-17(22)18-10-9-14-6-3-2-4-7-14/h5-6,8,11,13,19H,2-4,7,9-10,12H2,1H3,(H2,18,20,21,22)/p+1/t13-/m0/s1. The number of quaternary nitrogens is 1. The van der Waals surface area contributed by atoms with Gasteiger partial charge in [0.15, 0.2) is 12.3 Å². The van der Waals surface area contributed by atoms with Gasteiger partial charge in [-0.15, -0.1) is 0 Å². The topological polar surface area (TPSA) is 88.0 Å². The molecule has 0 unspecified atom stereocenters. The van der Waals surface area contributed by atoms with Gasteiger partial charge in [0.05, 0.1) is 6.26 Å². The molecule has 1 atom stereocenters. The highest BCUT2D eigenvalue weighted by molar-refractivity contribution is 5.94. The Balaban J connectivity index is 1.58. The molecular formula is C17H26N3O3+. The number of nitrogens with one attached hydrogen (secondary N) is 2. The molecule has 0 radical (unpaired) electrons. The zero-order valence-corrected chi connectivity index (χ0v) is 13.6. The Hall–Kier alpha value is -2.08. The molecule has 0 saturated heterocycles. The van der Waals surface area contributed by atoms with E-state index < -0.39 is 6.03 Å². The zero-order chi connectivity index (χ0) is 16.5. The zero-order valence-electron chi connectivity index (χ0n) is 13.6. The van der Waals surface area contributed by atoms with Gasteiger partial charge in [0, 0.05) is 6.54 Å². The number of amides is 3. The van der Waals surface area contributed by atoms with Gasteiger partial charge in [-0.05, 0) is 51.2 Å². The molecular weight excluding hydrogens is 294 g/mol. The summed E-state index contributed by atoms with van der Waals surface area (Å²) in [5.74, 6) is 0.501. The van der Waals surface area contributed by atoms with Crippen LogP contribution in [0, 0.1) is 0 Å². The van der Waals surface area contributed by atoms with E-state index in [2.05, 4.69) is 16.7 Å². The van der Waals surface area contributed by atoms with Gasteiger partial charge in [-0.3, -0.25) is 10.1 Å². The Morgan fingerprint density at radius 2 is 2.26 bits per heavy atom. The number of urea groups is 1. The van der Waals surface area contributed by atoms with Crippen LogP contribution < -0.4 is 16.0 Å². The fourth-order valence-electron chi connectivity index (χ4n) is 2.64. The molecule has 0 aliphatic heterocycles. The highest BCUT2D eigenvalue weighted by Gasteiger charge is 2.15. The van der Waals surface area contributed by atoms with Crippen molar-refractivity contribution >= 4 is 11.9 Å². The summed E-state index contributed by atoms with van der Waals surface area (Å²) >= 11 is 0. The Morgan fingerprint density at radius 3 is 2.96 bits per heavy atom. The summed E-state index contributed by atoms with van der Waals surface area (Å²) in [6.07, 6.45) is 9.50. The molecule has 0 bridgehead atoms. The van der Waals surface area contributed by atoms with Crippen LogP contribution in [0.25, 0.3) is 0 Å². The first-order valence-electron chi connectivity index (χ1n) is 8.27. The van der Waals surface area contributed by atoms with Crippen LogP contribution in [-0.4, -0.2) is 25.0 Å². The van der Waals surface area contributed by atoms with Crippen molar-refractivity contribution < 1.29 is 19.3 Å². The summed E-state index contributed by atoms with van der Waals surface area (Å²) in [6.45, 7) is 2.70. The molecule has 4 N–H and O–H groups in total. The van der Waals surface area contributed by atoms with Crippen molar-refractivity contribution in [2.75, 3.05) is 13.1 Å². The lowest BCUT2D eigenvalue weighted by molar-refractivity contribution is -0.684. The molecule has 0 spiro atoms. The second-order valence-electron chi connectivity index (χ2n) is 5.91. The van der Waals surface area contributed by atoms with Crippen molar-refractivity contribution in [2.24, 2.45) is 0 Å². The van der Waals surface area contributed by atoms with E-state index in [9.17, 15) is 9.59 Å². The van der Waals surface area contributed by atoms with Crippen LogP contribution in [0.2, 0.25) is 0 Å². The van der Waals surface area contributed by atoms with E-state index >= 15 is 0 Å². The molecule has 0 saturated carbocycles. The van der Waals surface area contributed by atoms with E-state index in [4.69, 9.17) is 4.42 Å². The summed E-state index contributed by atoms with van der Waals surface area (Å²) in [5.41, 5.74) is 1.41. The number of rotatable bonds is 7. The van der Waals surface area contributed by atoms with Crippen LogP contribution in [0.5, 0.6) is 0 Å². The van der Waals surface area contributed by atoms with Crippen molar-refractivity contribution in [1.82, 2.24) is 10.6 Å². The van der Waals surface area contributed by atoms with Gasteiger partial charge in [0.2, 0.25) is 0 Å². The fourth-order valence-corrected chi connectivity index (χ4v) is 2.64. The van der Waals surface area contributed by atoms with E-state index in [0.29, 0.717) is 6.54 Å². The van der Waals surface area contributed by atoms with Gasteiger partial charge in [-0.25, -0.2) is 4.79 Å². The Labute approximate surface area is 136 Å². The minimum atomic E-state index is -0.425. The molecule has 6 heteroatoms. The molecule has 1 aliphatic carbocycles. The molecule has 1 aliphatic rings. The highest BCUT2D eigenvalue weighted by Crippen LogP contribution is 2.19. The van der Waals surface area contributed by atoms with Gasteiger partial charge in [0.1, 0.15) is 6.04 Å². The van der Waals surface area contributed by atoms with E-state index in [1.165, 1.54) is 18.4 Å².